The van der Waals surface area contributed by atoms with E-state index in [4.69, 9.17) is 9.84 Å². The Morgan fingerprint density at radius 2 is 2.00 bits per heavy atom. The number of aliphatic hydroxyl groups is 1. The average molecular weight is 244 g/mol. The van der Waals surface area contributed by atoms with E-state index in [1.54, 1.807) is 0 Å². The van der Waals surface area contributed by atoms with Crippen LogP contribution in [0.3, 0.4) is 0 Å². The normalized spacial score (nSPS) is 15.2. The van der Waals surface area contributed by atoms with Crippen LogP contribution < -0.4 is 4.74 Å². The highest BCUT2D eigenvalue weighted by molar-refractivity contribution is 5.45. The quantitative estimate of drug-likeness (QED) is 0.825. The van der Waals surface area contributed by atoms with Crippen molar-refractivity contribution in [3.8, 4) is 17.6 Å². The number of aliphatic hydroxyl groups excluding tert-OH is 1. The van der Waals surface area contributed by atoms with Crippen LogP contribution in [0.1, 0.15) is 37.7 Å². The number of benzene rings is 1. The van der Waals surface area contributed by atoms with Gasteiger partial charge in [0.15, 0.2) is 0 Å². The second-order valence-electron chi connectivity index (χ2n) is 4.74. The molecule has 1 N–H and O–H groups in total. The minimum atomic E-state index is -0.115. The summed E-state index contributed by atoms with van der Waals surface area (Å²) in [5.74, 6) is 7.26. The van der Waals surface area contributed by atoms with Crippen LogP contribution >= 0.6 is 0 Å². The third-order valence-corrected chi connectivity index (χ3v) is 3.45. The Morgan fingerprint density at radius 3 is 2.78 bits per heavy atom. The fourth-order valence-corrected chi connectivity index (χ4v) is 2.47. The first-order valence-electron chi connectivity index (χ1n) is 6.71. The molecule has 96 valence electrons. The maximum atomic E-state index is 8.72. The van der Waals surface area contributed by atoms with Crippen LogP contribution in [0.4, 0.5) is 0 Å². The van der Waals surface area contributed by atoms with E-state index in [0.29, 0.717) is 0 Å². The first-order chi connectivity index (χ1) is 8.90. The van der Waals surface area contributed by atoms with Crippen molar-refractivity contribution in [1.29, 1.82) is 0 Å². The van der Waals surface area contributed by atoms with Gasteiger partial charge in [-0.25, -0.2) is 0 Å². The van der Waals surface area contributed by atoms with Crippen molar-refractivity contribution in [3.05, 3.63) is 29.8 Å². The molecular weight excluding hydrogens is 224 g/mol. The molecule has 1 saturated carbocycles. The number of rotatable bonds is 4. The van der Waals surface area contributed by atoms with Gasteiger partial charge >= 0.3 is 0 Å². The van der Waals surface area contributed by atoms with Gasteiger partial charge in [-0.2, -0.15) is 0 Å². The smallest absolute Gasteiger partial charge is 0.134 e. The summed E-state index contributed by atoms with van der Waals surface area (Å²) >= 11 is 0. The number of para-hydroxylation sites is 1. The molecule has 1 aromatic carbocycles. The highest BCUT2D eigenvalue weighted by atomic mass is 16.5. The largest absolute Gasteiger partial charge is 0.492 e. The van der Waals surface area contributed by atoms with Crippen LogP contribution in [0.15, 0.2) is 24.3 Å². The SMILES string of the molecule is OCC#Cc1ccccc1OCCC1CCCC1. The highest BCUT2D eigenvalue weighted by Gasteiger charge is 2.14. The van der Waals surface area contributed by atoms with E-state index in [2.05, 4.69) is 11.8 Å². The average Bonchev–Trinajstić information content (AvgIpc) is 2.91. The zero-order chi connectivity index (χ0) is 12.6. The van der Waals surface area contributed by atoms with Crippen LogP contribution in [-0.2, 0) is 0 Å². The predicted octanol–water partition coefficient (Wildman–Crippen LogP) is 2.99. The Morgan fingerprint density at radius 1 is 1.22 bits per heavy atom. The predicted molar refractivity (Wildman–Crippen MR) is 72.5 cm³/mol. The molecule has 0 spiro atoms. The zero-order valence-electron chi connectivity index (χ0n) is 10.7. The molecule has 0 atom stereocenters. The highest BCUT2D eigenvalue weighted by Crippen LogP contribution is 2.27. The van der Waals surface area contributed by atoms with Gasteiger partial charge in [-0.05, 0) is 24.5 Å². The van der Waals surface area contributed by atoms with Gasteiger partial charge in [0.2, 0.25) is 0 Å². The fraction of sp³-hybridized carbons (Fsp3) is 0.500. The molecule has 1 aliphatic carbocycles. The standard InChI is InChI=1S/C16H20O2/c17-12-5-9-15-8-3-4-10-16(15)18-13-11-14-6-1-2-7-14/h3-4,8,10,14,17H,1-2,6-7,11-13H2. The van der Waals surface area contributed by atoms with E-state index in [-0.39, 0.29) is 6.61 Å². The maximum Gasteiger partial charge on any atom is 0.134 e. The molecule has 18 heavy (non-hydrogen) atoms. The van der Waals surface area contributed by atoms with Gasteiger partial charge < -0.3 is 9.84 Å². The third-order valence-electron chi connectivity index (χ3n) is 3.45. The molecule has 0 bridgehead atoms. The Kier molecular flexibility index (Phi) is 5.11. The van der Waals surface area contributed by atoms with E-state index in [1.165, 1.54) is 25.7 Å². The van der Waals surface area contributed by atoms with Crippen molar-refractivity contribution in [2.75, 3.05) is 13.2 Å². The minimum absolute atomic E-state index is 0.115. The summed E-state index contributed by atoms with van der Waals surface area (Å²) in [5, 5.41) is 8.72. The Labute approximate surface area is 109 Å². The molecular formula is C16H20O2. The molecule has 1 aliphatic rings. The first-order valence-corrected chi connectivity index (χ1v) is 6.71. The summed E-state index contributed by atoms with van der Waals surface area (Å²) in [6.07, 6.45) is 6.61. The summed E-state index contributed by atoms with van der Waals surface area (Å²) in [4.78, 5) is 0. The Hall–Kier alpha value is -1.46. The lowest BCUT2D eigenvalue weighted by atomic mass is 10.1. The second kappa shape index (κ2) is 7.08. The van der Waals surface area contributed by atoms with Crippen molar-refractivity contribution in [2.24, 2.45) is 5.92 Å². The van der Waals surface area contributed by atoms with Gasteiger partial charge in [-0.15, -0.1) is 0 Å². The number of ether oxygens (including phenoxy) is 1. The van der Waals surface area contributed by atoms with Crippen LogP contribution in [0.25, 0.3) is 0 Å². The van der Waals surface area contributed by atoms with E-state index in [9.17, 15) is 0 Å². The van der Waals surface area contributed by atoms with Crippen LogP contribution in [0, 0.1) is 17.8 Å². The van der Waals surface area contributed by atoms with Crippen molar-refractivity contribution < 1.29 is 9.84 Å². The van der Waals surface area contributed by atoms with Gasteiger partial charge in [0.05, 0.1) is 12.2 Å². The number of hydrogen-bond donors (Lipinski definition) is 1. The Bertz CT molecular complexity index is 422. The molecule has 0 saturated heterocycles. The summed E-state index contributed by atoms with van der Waals surface area (Å²) in [5.41, 5.74) is 0.859. The summed E-state index contributed by atoms with van der Waals surface area (Å²) in [7, 11) is 0. The van der Waals surface area contributed by atoms with Crippen molar-refractivity contribution >= 4 is 0 Å². The van der Waals surface area contributed by atoms with Gasteiger partial charge in [-0.3, -0.25) is 0 Å². The molecule has 1 aromatic rings. The molecule has 0 heterocycles. The fourth-order valence-electron chi connectivity index (χ4n) is 2.47. The van der Waals surface area contributed by atoms with Gasteiger partial charge in [0.25, 0.3) is 0 Å². The summed E-state index contributed by atoms with van der Waals surface area (Å²) in [6.45, 7) is 0.652. The summed E-state index contributed by atoms with van der Waals surface area (Å²) in [6, 6.07) is 7.75. The van der Waals surface area contributed by atoms with Crippen LogP contribution in [0.2, 0.25) is 0 Å². The maximum absolute atomic E-state index is 8.72. The molecule has 0 aliphatic heterocycles. The van der Waals surface area contributed by atoms with Gasteiger partial charge in [-0.1, -0.05) is 49.7 Å². The van der Waals surface area contributed by atoms with Crippen LogP contribution in [-0.4, -0.2) is 18.3 Å². The molecule has 1 fully saturated rings. The zero-order valence-corrected chi connectivity index (χ0v) is 10.7. The molecule has 2 nitrogen and oxygen atoms in total. The minimum Gasteiger partial charge on any atom is -0.492 e. The second-order valence-corrected chi connectivity index (χ2v) is 4.74. The first kappa shape index (κ1) is 13.0. The van der Waals surface area contributed by atoms with Crippen LogP contribution in [0.5, 0.6) is 5.75 Å². The lowest BCUT2D eigenvalue weighted by molar-refractivity contribution is 0.278. The monoisotopic (exact) mass is 244 g/mol. The van der Waals surface area contributed by atoms with Crippen molar-refractivity contribution in [3.63, 3.8) is 0 Å². The molecule has 0 unspecified atom stereocenters. The number of hydrogen-bond acceptors (Lipinski definition) is 2. The molecule has 0 aromatic heterocycles. The van der Waals surface area contributed by atoms with Gasteiger partial charge in [0, 0.05) is 0 Å². The molecule has 2 rings (SSSR count). The van der Waals surface area contributed by atoms with E-state index in [1.807, 2.05) is 24.3 Å². The molecule has 2 heteroatoms. The van der Waals surface area contributed by atoms with E-state index in [0.717, 1.165) is 30.3 Å². The van der Waals surface area contributed by atoms with E-state index >= 15 is 0 Å². The lowest BCUT2D eigenvalue weighted by Gasteiger charge is -2.11. The molecule has 0 radical (unpaired) electrons. The third kappa shape index (κ3) is 3.78. The van der Waals surface area contributed by atoms with Crippen molar-refractivity contribution in [2.45, 2.75) is 32.1 Å². The topological polar surface area (TPSA) is 29.5 Å². The van der Waals surface area contributed by atoms with Crippen molar-refractivity contribution in [1.82, 2.24) is 0 Å². The Balaban J connectivity index is 1.87. The van der Waals surface area contributed by atoms with E-state index < -0.39 is 0 Å². The summed E-state index contributed by atoms with van der Waals surface area (Å²) < 4.78 is 5.81. The lowest BCUT2D eigenvalue weighted by Crippen LogP contribution is -2.04. The molecule has 0 amide bonds. The van der Waals surface area contributed by atoms with Gasteiger partial charge in [0.1, 0.15) is 12.4 Å².